The number of aryl methyl sites for hydroxylation is 1. The van der Waals surface area contributed by atoms with E-state index in [2.05, 4.69) is 6.92 Å². The summed E-state index contributed by atoms with van der Waals surface area (Å²) in [5, 5.41) is 0. The molecular formula is C17H19NO2. The average molecular weight is 269 g/mol. The zero-order chi connectivity index (χ0) is 14.5. The molecule has 0 aliphatic heterocycles. The number of carbonyl (C=O) groups excluding carboxylic acids is 1. The third-order valence-electron chi connectivity index (χ3n) is 3.35. The van der Waals surface area contributed by atoms with E-state index in [1.54, 1.807) is 19.1 Å². The van der Waals surface area contributed by atoms with Gasteiger partial charge in [0.15, 0.2) is 0 Å². The minimum atomic E-state index is -0.00883. The SMILES string of the molecule is CCc1cccc(C(=O)N(C)c2ccc(OC)cc2)c1. The third kappa shape index (κ3) is 2.99. The summed E-state index contributed by atoms with van der Waals surface area (Å²) in [6, 6.07) is 15.2. The number of methoxy groups -OCH3 is 1. The van der Waals surface area contributed by atoms with E-state index < -0.39 is 0 Å². The molecule has 0 unspecified atom stereocenters. The molecule has 0 atom stereocenters. The van der Waals surface area contributed by atoms with Gasteiger partial charge in [0, 0.05) is 18.3 Å². The van der Waals surface area contributed by atoms with Crippen molar-refractivity contribution in [3.8, 4) is 5.75 Å². The van der Waals surface area contributed by atoms with Gasteiger partial charge in [0.1, 0.15) is 5.75 Å². The smallest absolute Gasteiger partial charge is 0.258 e. The number of anilines is 1. The molecule has 2 rings (SSSR count). The summed E-state index contributed by atoms with van der Waals surface area (Å²) >= 11 is 0. The molecule has 2 aromatic carbocycles. The van der Waals surface area contributed by atoms with Gasteiger partial charge in [-0.1, -0.05) is 19.1 Å². The van der Waals surface area contributed by atoms with Crippen LogP contribution >= 0.6 is 0 Å². The number of carbonyl (C=O) groups is 1. The zero-order valence-electron chi connectivity index (χ0n) is 12.1. The Hall–Kier alpha value is -2.29. The van der Waals surface area contributed by atoms with E-state index >= 15 is 0 Å². The van der Waals surface area contributed by atoms with Crippen LogP contribution in [0.2, 0.25) is 0 Å². The highest BCUT2D eigenvalue weighted by molar-refractivity contribution is 6.05. The summed E-state index contributed by atoms with van der Waals surface area (Å²) < 4.78 is 5.12. The predicted octanol–water partition coefficient (Wildman–Crippen LogP) is 3.53. The van der Waals surface area contributed by atoms with Crippen molar-refractivity contribution in [3.63, 3.8) is 0 Å². The minimum absolute atomic E-state index is 0.00883. The average Bonchev–Trinajstić information content (AvgIpc) is 2.53. The molecule has 0 saturated heterocycles. The Kier molecular flexibility index (Phi) is 4.41. The number of ether oxygens (including phenoxy) is 1. The zero-order valence-corrected chi connectivity index (χ0v) is 12.1. The highest BCUT2D eigenvalue weighted by atomic mass is 16.5. The number of nitrogens with zero attached hydrogens (tertiary/aromatic N) is 1. The Bertz CT molecular complexity index is 590. The van der Waals surface area contributed by atoms with Crippen LogP contribution in [0.3, 0.4) is 0 Å². The van der Waals surface area contributed by atoms with Crippen molar-refractivity contribution in [2.45, 2.75) is 13.3 Å². The Morgan fingerprint density at radius 2 is 1.85 bits per heavy atom. The molecule has 0 aromatic heterocycles. The highest BCUT2D eigenvalue weighted by Crippen LogP contribution is 2.20. The lowest BCUT2D eigenvalue weighted by Gasteiger charge is -2.18. The molecule has 0 saturated carbocycles. The number of hydrogen-bond acceptors (Lipinski definition) is 2. The van der Waals surface area contributed by atoms with E-state index in [-0.39, 0.29) is 5.91 Å². The monoisotopic (exact) mass is 269 g/mol. The van der Waals surface area contributed by atoms with Crippen molar-refractivity contribution in [3.05, 3.63) is 59.7 Å². The lowest BCUT2D eigenvalue weighted by atomic mass is 10.1. The second-order valence-electron chi connectivity index (χ2n) is 4.62. The van der Waals surface area contributed by atoms with Gasteiger partial charge >= 0.3 is 0 Å². The summed E-state index contributed by atoms with van der Waals surface area (Å²) in [5.41, 5.74) is 2.72. The lowest BCUT2D eigenvalue weighted by molar-refractivity contribution is 0.0993. The fourth-order valence-corrected chi connectivity index (χ4v) is 2.04. The van der Waals surface area contributed by atoms with Crippen LogP contribution in [0, 0.1) is 0 Å². The predicted molar refractivity (Wildman–Crippen MR) is 81.5 cm³/mol. The third-order valence-corrected chi connectivity index (χ3v) is 3.35. The van der Waals surface area contributed by atoms with Gasteiger partial charge in [-0.15, -0.1) is 0 Å². The summed E-state index contributed by atoms with van der Waals surface area (Å²) in [6.07, 6.45) is 0.924. The molecule has 1 amide bonds. The molecule has 104 valence electrons. The first-order chi connectivity index (χ1) is 9.65. The molecule has 20 heavy (non-hydrogen) atoms. The molecule has 0 spiro atoms. The first-order valence-electron chi connectivity index (χ1n) is 6.66. The van der Waals surface area contributed by atoms with Gasteiger partial charge in [0.25, 0.3) is 5.91 Å². The van der Waals surface area contributed by atoms with Crippen molar-refractivity contribution in [1.29, 1.82) is 0 Å². The van der Waals surface area contributed by atoms with E-state index in [9.17, 15) is 4.79 Å². The second kappa shape index (κ2) is 6.24. The largest absolute Gasteiger partial charge is 0.497 e. The number of hydrogen-bond donors (Lipinski definition) is 0. The van der Waals surface area contributed by atoms with Crippen molar-refractivity contribution < 1.29 is 9.53 Å². The van der Waals surface area contributed by atoms with Crippen LogP contribution in [0.1, 0.15) is 22.8 Å². The van der Waals surface area contributed by atoms with Gasteiger partial charge in [-0.3, -0.25) is 4.79 Å². The summed E-state index contributed by atoms with van der Waals surface area (Å²) in [6.45, 7) is 2.08. The minimum Gasteiger partial charge on any atom is -0.497 e. The van der Waals surface area contributed by atoms with E-state index in [0.717, 1.165) is 17.9 Å². The molecule has 0 aliphatic carbocycles. The highest BCUT2D eigenvalue weighted by Gasteiger charge is 2.13. The molecule has 3 nitrogen and oxygen atoms in total. The van der Waals surface area contributed by atoms with Gasteiger partial charge in [0.2, 0.25) is 0 Å². The van der Waals surface area contributed by atoms with Crippen LogP contribution in [0.25, 0.3) is 0 Å². The molecule has 0 bridgehead atoms. The maximum Gasteiger partial charge on any atom is 0.258 e. The standard InChI is InChI=1S/C17H19NO2/c1-4-13-6-5-7-14(12-13)17(19)18(2)15-8-10-16(20-3)11-9-15/h5-12H,4H2,1-3H3. The Morgan fingerprint density at radius 1 is 1.15 bits per heavy atom. The van der Waals surface area contributed by atoms with Gasteiger partial charge < -0.3 is 9.64 Å². The maximum atomic E-state index is 12.5. The van der Waals surface area contributed by atoms with Gasteiger partial charge in [-0.2, -0.15) is 0 Å². The molecule has 0 heterocycles. The quantitative estimate of drug-likeness (QED) is 0.849. The van der Waals surface area contributed by atoms with Gasteiger partial charge in [-0.05, 0) is 48.4 Å². The summed E-state index contributed by atoms with van der Waals surface area (Å²) in [7, 11) is 3.41. The van der Waals surface area contributed by atoms with E-state index in [0.29, 0.717) is 5.56 Å². The topological polar surface area (TPSA) is 29.5 Å². The summed E-state index contributed by atoms with van der Waals surface area (Å²) in [5.74, 6) is 0.771. The molecule has 0 N–H and O–H groups in total. The maximum absolute atomic E-state index is 12.5. The Morgan fingerprint density at radius 3 is 2.45 bits per heavy atom. The van der Waals surface area contributed by atoms with E-state index in [1.165, 1.54) is 5.56 Å². The molecule has 3 heteroatoms. The fourth-order valence-electron chi connectivity index (χ4n) is 2.04. The van der Waals surface area contributed by atoms with Crippen LogP contribution in [0.5, 0.6) is 5.75 Å². The van der Waals surface area contributed by atoms with E-state index in [4.69, 9.17) is 4.74 Å². The molecule has 0 fully saturated rings. The first kappa shape index (κ1) is 14.1. The Balaban J connectivity index is 2.22. The van der Waals surface area contributed by atoms with Crippen LogP contribution in [0.4, 0.5) is 5.69 Å². The van der Waals surface area contributed by atoms with Crippen molar-refractivity contribution in [2.75, 3.05) is 19.1 Å². The van der Waals surface area contributed by atoms with Crippen molar-refractivity contribution in [1.82, 2.24) is 0 Å². The summed E-state index contributed by atoms with van der Waals surface area (Å²) in [4.78, 5) is 14.1. The molecule has 0 radical (unpaired) electrons. The van der Waals surface area contributed by atoms with Gasteiger partial charge in [-0.25, -0.2) is 0 Å². The molecule has 2 aromatic rings. The number of rotatable bonds is 4. The molecular weight excluding hydrogens is 250 g/mol. The second-order valence-corrected chi connectivity index (χ2v) is 4.62. The van der Waals surface area contributed by atoms with Gasteiger partial charge in [0.05, 0.1) is 7.11 Å². The van der Waals surface area contributed by atoms with Crippen LogP contribution < -0.4 is 9.64 Å². The first-order valence-corrected chi connectivity index (χ1v) is 6.66. The van der Waals surface area contributed by atoms with E-state index in [1.807, 2.05) is 48.5 Å². The fraction of sp³-hybridized carbons (Fsp3) is 0.235. The van der Waals surface area contributed by atoms with Crippen LogP contribution in [0.15, 0.2) is 48.5 Å². The Labute approximate surface area is 119 Å². The van der Waals surface area contributed by atoms with Crippen molar-refractivity contribution >= 4 is 11.6 Å². The van der Waals surface area contributed by atoms with Crippen LogP contribution in [-0.2, 0) is 6.42 Å². The number of benzene rings is 2. The van der Waals surface area contributed by atoms with Crippen LogP contribution in [-0.4, -0.2) is 20.1 Å². The molecule has 0 aliphatic rings. The number of amides is 1. The normalized spacial score (nSPS) is 10.2. The van der Waals surface area contributed by atoms with Crippen molar-refractivity contribution in [2.24, 2.45) is 0 Å². The lowest BCUT2D eigenvalue weighted by Crippen LogP contribution is -2.26.